The molecule has 2 aliphatic rings. The van der Waals surface area contributed by atoms with Gasteiger partial charge >= 0.3 is 18.0 Å². The predicted molar refractivity (Wildman–Crippen MR) is 49.8 cm³/mol. The quantitative estimate of drug-likeness (QED) is 0.734. The van der Waals surface area contributed by atoms with Crippen molar-refractivity contribution in [3.63, 3.8) is 0 Å². The molecule has 0 aromatic carbocycles. The van der Waals surface area contributed by atoms with Crippen LogP contribution in [0.1, 0.15) is 12.8 Å². The van der Waals surface area contributed by atoms with E-state index in [2.05, 4.69) is 0 Å². The summed E-state index contributed by atoms with van der Waals surface area (Å²) in [6, 6.07) is 0. The van der Waals surface area contributed by atoms with Crippen molar-refractivity contribution in [2.75, 3.05) is 13.1 Å². The van der Waals surface area contributed by atoms with Crippen LogP contribution in [-0.2, 0) is 4.79 Å². The molecule has 0 aromatic heterocycles. The van der Waals surface area contributed by atoms with Crippen LogP contribution in [0.5, 0.6) is 0 Å². The molecule has 0 radical (unpaired) electrons. The Kier molecular flexibility index (Phi) is 3.03. The lowest BCUT2D eigenvalue weighted by atomic mass is 10.00. The number of amides is 1. The minimum Gasteiger partial charge on any atom is -0.393 e. The topological polar surface area (TPSA) is 40.5 Å². The molecule has 8 heteroatoms. The fourth-order valence-electron chi connectivity index (χ4n) is 2.72. The summed E-state index contributed by atoms with van der Waals surface area (Å²) in [6.07, 6.45) is -5.53. The molecular formula is C10H12F5NO2. The average Bonchev–Trinajstić information content (AvgIpc) is 2.78. The summed E-state index contributed by atoms with van der Waals surface area (Å²) in [5.41, 5.74) is 0. The minimum atomic E-state index is -5.87. The van der Waals surface area contributed by atoms with Crippen molar-refractivity contribution in [1.29, 1.82) is 0 Å². The smallest absolute Gasteiger partial charge is 0.393 e. The number of hydrogen-bond donors (Lipinski definition) is 1. The standard InChI is InChI=1S/C10H12F5NO2/c11-9(12,10(13,14)15)8(18)16-3-5-1-2-7(17)6(5)4-16/h5-7,17H,1-4H2. The molecule has 1 N–H and O–H groups in total. The van der Waals surface area contributed by atoms with Gasteiger partial charge in [0.2, 0.25) is 0 Å². The lowest BCUT2D eigenvalue weighted by molar-refractivity contribution is -0.274. The maximum Gasteiger partial charge on any atom is 0.463 e. The molecule has 1 saturated carbocycles. The molecule has 3 atom stereocenters. The molecule has 2 fully saturated rings. The zero-order chi connectivity index (χ0) is 13.7. The molecule has 1 saturated heterocycles. The second-order valence-corrected chi connectivity index (χ2v) is 4.85. The highest BCUT2D eigenvalue weighted by Gasteiger charge is 2.65. The molecule has 18 heavy (non-hydrogen) atoms. The number of halogens is 5. The zero-order valence-corrected chi connectivity index (χ0v) is 9.25. The first kappa shape index (κ1) is 13.5. The fourth-order valence-corrected chi connectivity index (χ4v) is 2.72. The Hall–Kier alpha value is -0.920. The number of aliphatic hydroxyl groups excluding tert-OH is 1. The van der Waals surface area contributed by atoms with Gasteiger partial charge < -0.3 is 10.0 Å². The molecule has 1 aliphatic heterocycles. The molecular weight excluding hydrogens is 261 g/mol. The van der Waals surface area contributed by atoms with Gasteiger partial charge in [0, 0.05) is 19.0 Å². The summed E-state index contributed by atoms with van der Waals surface area (Å²) in [6.45, 7) is -0.359. The number of aliphatic hydroxyl groups is 1. The Morgan fingerprint density at radius 2 is 1.72 bits per heavy atom. The highest BCUT2D eigenvalue weighted by molar-refractivity contribution is 5.84. The number of carbonyl (C=O) groups excluding carboxylic acids is 1. The van der Waals surface area contributed by atoms with E-state index in [-0.39, 0.29) is 24.9 Å². The summed E-state index contributed by atoms with van der Waals surface area (Å²) in [5.74, 6) is -8.11. The largest absolute Gasteiger partial charge is 0.463 e. The first-order valence-corrected chi connectivity index (χ1v) is 5.56. The van der Waals surface area contributed by atoms with Crippen LogP contribution in [0.4, 0.5) is 22.0 Å². The third-order valence-corrected chi connectivity index (χ3v) is 3.73. The van der Waals surface area contributed by atoms with Gasteiger partial charge in [0.15, 0.2) is 0 Å². The highest BCUT2D eigenvalue weighted by atomic mass is 19.4. The van der Waals surface area contributed by atoms with Crippen LogP contribution in [0, 0.1) is 11.8 Å². The number of hydrogen-bond acceptors (Lipinski definition) is 2. The molecule has 3 unspecified atom stereocenters. The summed E-state index contributed by atoms with van der Waals surface area (Å²) >= 11 is 0. The van der Waals surface area contributed by atoms with Crippen molar-refractivity contribution in [1.82, 2.24) is 4.90 Å². The third kappa shape index (κ3) is 1.96. The molecule has 1 aliphatic carbocycles. The Morgan fingerprint density at radius 3 is 2.22 bits per heavy atom. The van der Waals surface area contributed by atoms with E-state index in [1.807, 2.05) is 0 Å². The van der Waals surface area contributed by atoms with Crippen molar-refractivity contribution in [3.8, 4) is 0 Å². The number of alkyl halides is 5. The first-order chi connectivity index (χ1) is 8.14. The van der Waals surface area contributed by atoms with Crippen LogP contribution in [0.2, 0.25) is 0 Å². The summed E-state index contributed by atoms with van der Waals surface area (Å²) < 4.78 is 61.9. The van der Waals surface area contributed by atoms with Crippen molar-refractivity contribution < 1.29 is 31.9 Å². The van der Waals surface area contributed by atoms with Gasteiger partial charge in [-0.25, -0.2) is 0 Å². The minimum absolute atomic E-state index is 0.133. The SMILES string of the molecule is O=C(N1CC2CCC(O)C2C1)C(F)(F)C(F)(F)F. The maximum atomic E-state index is 12.9. The number of likely N-dealkylation sites (tertiary alicyclic amines) is 1. The highest BCUT2D eigenvalue weighted by Crippen LogP contribution is 2.42. The van der Waals surface area contributed by atoms with E-state index in [4.69, 9.17) is 0 Å². The molecule has 3 nitrogen and oxygen atoms in total. The van der Waals surface area contributed by atoms with Gasteiger partial charge in [-0.05, 0) is 18.8 Å². The first-order valence-electron chi connectivity index (χ1n) is 5.56. The molecule has 1 amide bonds. The Bertz CT molecular complexity index is 357. The van der Waals surface area contributed by atoms with E-state index in [9.17, 15) is 31.9 Å². The van der Waals surface area contributed by atoms with E-state index in [0.717, 1.165) is 0 Å². The van der Waals surface area contributed by atoms with Crippen LogP contribution in [-0.4, -0.2) is 47.2 Å². The lowest BCUT2D eigenvalue weighted by Gasteiger charge is -2.25. The molecule has 0 spiro atoms. The number of nitrogens with zero attached hydrogens (tertiary/aromatic N) is 1. The number of rotatable bonds is 1. The second kappa shape index (κ2) is 4.04. The van der Waals surface area contributed by atoms with E-state index in [1.165, 1.54) is 0 Å². The summed E-state index contributed by atoms with van der Waals surface area (Å²) in [7, 11) is 0. The van der Waals surface area contributed by atoms with Gasteiger partial charge in [-0.2, -0.15) is 22.0 Å². The average molecular weight is 273 g/mol. The Balaban J connectivity index is 2.09. The van der Waals surface area contributed by atoms with Gasteiger partial charge in [-0.15, -0.1) is 0 Å². The van der Waals surface area contributed by atoms with Crippen LogP contribution >= 0.6 is 0 Å². The normalized spacial score (nSPS) is 32.8. The van der Waals surface area contributed by atoms with Crippen molar-refractivity contribution in [3.05, 3.63) is 0 Å². The lowest BCUT2D eigenvalue weighted by Crippen LogP contribution is -2.51. The van der Waals surface area contributed by atoms with E-state index in [0.29, 0.717) is 17.7 Å². The summed E-state index contributed by atoms with van der Waals surface area (Å²) in [4.78, 5) is 11.7. The fraction of sp³-hybridized carbons (Fsp3) is 0.900. The van der Waals surface area contributed by atoms with Gasteiger partial charge in [0.05, 0.1) is 6.10 Å². The molecule has 1 heterocycles. The van der Waals surface area contributed by atoms with Gasteiger partial charge in [-0.1, -0.05) is 0 Å². The summed E-state index contributed by atoms with van der Waals surface area (Å²) in [5, 5.41) is 9.51. The molecule has 0 aromatic rings. The van der Waals surface area contributed by atoms with Crippen molar-refractivity contribution >= 4 is 5.91 Å². The van der Waals surface area contributed by atoms with E-state index < -0.39 is 24.1 Å². The number of carbonyl (C=O) groups is 1. The van der Waals surface area contributed by atoms with Gasteiger partial charge in [0.1, 0.15) is 0 Å². The van der Waals surface area contributed by atoms with Crippen LogP contribution < -0.4 is 0 Å². The van der Waals surface area contributed by atoms with Gasteiger partial charge in [-0.3, -0.25) is 4.79 Å². The van der Waals surface area contributed by atoms with Gasteiger partial charge in [0.25, 0.3) is 0 Å². The number of fused-ring (bicyclic) bond motifs is 1. The van der Waals surface area contributed by atoms with E-state index >= 15 is 0 Å². The Labute approximate surface area is 99.6 Å². The molecule has 104 valence electrons. The molecule has 0 bridgehead atoms. The van der Waals surface area contributed by atoms with E-state index in [1.54, 1.807) is 0 Å². The van der Waals surface area contributed by atoms with Crippen LogP contribution in [0.15, 0.2) is 0 Å². The molecule has 2 rings (SSSR count). The monoisotopic (exact) mass is 273 g/mol. The predicted octanol–water partition coefficient (Wildman–Crippen LogP) is 1.41. The maximum absolute atomic E-state index is 12.9. The van der Waals surface area contributed by atoms with Crippen LogP contribution in [0.25, 0.3) is 0 Å². The Morgan fingerprint density at radius 1 is 1.11 bits per heavy atom. The second-order valence-electron chi connectivity index (χ2n) is 4.85. The zero-order valence-electron chi connectivity index (χ0n) is 9.25. The van der Waals surface area contributed by atoms with Crippen molar-refractivity contribution in [2.24, 2.45) is 11.8 Å². The van der Waals surface area contributed by atoms with Crippen molar-refractivity contribution in [2.45, 2.75) is 31.0 Å². The third-order valence-electron chi connectivity index (χ3n) is 3.73. The van der Waals surface area contributed by atoms with Crippen LogP contribution in [0.3, 0.4) is 0 Å².